The van der Waals surface area contributed by atoms with Gasteiger partial charge in [0.05, 0.1) is 11.7 Å². The molecule has 2 aromatic rings. The van der Waals surface area contributed by atoms with Crippen LogP contribution in [0.2, 0.25) is 0 Å². The molecule has 1 heterocycles. The molecule has 1 amide bonds. The van der Waals surface area contributed by atoms with Crippen LogP contribution in [-0.2, 0) is 11.8 Å². The van der Waals surface area contributed by atoms with E-state index >= 15 is 0 Å². The fraction of sp³-hybridized carbons (Fsp3) is 0.400. The lowest BCUT2D eigenvalue weighted by molar-refractivity contribution is -0.117. The number of anilines is 1. The maximum Gasteiger partial charge on any atom is 0.241 e. The molecular weight excluding hydrogens is 266 g/mol. The summed E-state index contributed by atoms with van der Waals surface area (Å²) in [5.41, 5.74) is 7.43. The summed E-state index contributed by atoms with van der Waals surface area (Å²) in [6.07, 6.45) is 2.27. The number of hydrogen-bond donors (Lipinski definition) is 2. The van der Waals surface area contributed by atoms with Gasteiger partial charge in [-0.2, -0.15) is 0 Å². The van der Waals surface area contributed by atoms with E-state index < -0.39 is 6.04 Å². The maximum absolute atomic E-state index is 12.2. The molecule has 0 aliphatic carbocycles. The maximum atomic E-state index is 12.2. The van der Waals surface area contributed by atoms with Gasteiger partial charge in [-0.05, 0) is 24.5 Å². The van der Waals surface area contributed by atoms with E-state index in [4.69, 9.17) is 5.73 Å². The van der Waals surface area contributed by atoms with Gasteiger partial charge in [0.25, 0.3) is 0 Å². The van der Waals surface area contributed by atoms with Crippen LogP contribution in [0.3, 0.4) is 0 Å². The largest absolute Gasteiger partial charge is 0.324 e. The van der Waals surface area contributed by atoms with E-state index in [2.05, 4.69) is 15.5 Å². The highest BCUT2D eigenvalue weighted by atomic mass is 16.2. The highest BCUT2D eigenvalue weighted by Gasteiger charge is 2.17. The highest BCUT2D eigenvalue weighted by molar-refractivity contribution is 5.97. The number of benzene rings is 1. The van der Waals surface area contributed by atoms with Gasteiger partial charge in [-0.15, -0.1) is 10.2 Å². The Morgan fingerprint density at radius 2 is 2.10 bits per heavy atom. The Bertz CT molecular complexity index is 620. The normalized spacial score (nSPS) is 12.4. The van der Waals surface area contributed by atoms with Crippen molar-refractivity contribution in [1.29, 1.82) is 0 Å². The first kappa shape index (κ1) is 15.2. The second-order valence-electron chi connectivity index (χ2n) is 5.54. The molecule has 0 aliphatic rings. The third-order valence-electron chi connectivity index (χ3n) is 3.20. The number of aryl methyl sites for hydroxylation is 1. The molecule has 1 atom stereocenters. The van der Waals surface area contributed by atoms with Crippen molar-refractivity contribution in [3.8, 4) is 11.4 Å². The molecule has 0 radical (unpaired) electrons. The lowest BCUT2D eigenvalue weighted by Crippen LogP contribution is -2.36. The van der Waals surface area contributed by atoms with E-state index in [9.17, 15) is 4.79 Å². The van der Waals surface area contributed by atoms with Crippen molar-refractivity contribution in [2.45, 2.75) is 26.3 Å². The molecule has 0 bridgehead atoms. The molecule has 112 valence electrons. The number of nitrogens with two attached hydrogens (primary N) is 1. The third-order valence-corrected chi connectivity index (χ3v) is 3.20. The monoisotopic (exact) mass is 287 g/mol. The number of para-hydroxylation sites is 1. The second-order valence-corrected chi connectivity index (χ2v) is 5.54. The van der Waals surface area contributed by atoms with Crippen LogP contribution in [0, 0.1) is 5.92 Å². The Hall–Kier alpha value is -2.21. The Labute approximate surface area is 124 Å². The minimum absolute atomic E-state index is 0.182. The Balaban J connectivity index is 2.22. The number of carbonyl (C=O) groups is 1. The van der Waals surface area contributed by atoms with Crippen molar-refractivity contribution in [2.75, 3.05) is 5.32 Å². The summed E-state index contributed by atoms with van der Waals surface area (Å²) in [7, 11) is 1.86. The summed E-state index contributed by atoms with van der Waals surface area (Å²) >= 11 is 0. The van der Waals surface area contributed by atoms with E-state index in [1.165, 1.54) is 0 Å². The number of carbonyl (C=O) groups excluding carboxylic acids is 1. The van der Waals surface area contributed by atoms with Gasteiger partial charge in [-0.3, -0.25) is 4.79 Å². The molecule has 21 heavy (non-hydrogen) atoms. The van der Waals surface area contributed by atoms with Crippen molar-refractivity contribution in [3.05, 3.63) is 30.6 Å². The van der Waals surface area contributed by atoms with Gasteiger partial charge in [0.1, 0.15) is 6.33 Å². The number of aromatic nitrogens is 3. The first-order valence-electron chi connectivity index (χ1n) is 6.99. The molecule has 0 fully saturated rings. The molecule has 2 rings (SSSR count). The van der Waals surface area contributed by atoms with Crippen LogP contribution >= 0.6 is 0 Å². The summed E-state index contributed by atoms with van der Waals surface area (Å²) in [4.78, 5) is 12.2. The number of nitrogens with zero attached hydrogens (tertiary/aromatic N) is 3. The average Bonchev–Trinajstić information content (AvgIpc) is 2.84. The molecule has 0 saturated heterocycles. The van der Waals surface area contributed by atoms with Crippen molar-refractivity contribution in [1.82, 2.24) is 14.8 Å². The minimum Gasteiger partial charge on any atom is -0.324 e. The van der Waals surface area contributed by atoms with Gasteiger partial charge in [-0.25, -0.2) is 0 Å². The summed E-state index contributed by atoms with van der Waals surface area (Å²) < 4.78 is 1.80. The van der Waals surface area contributed by atoms with Crippen molar-refractivity contribution in [3.63, 3.8) is 0 Å². The van der Waals surface area contributed by atoms with Crippen LogP contribution in [-0.4, -0.2) is 26.7 Å². The smallest absolute Gasteiger partial charge is 0.241 e. The van der Waals surface area contributed by atoms with Crippen molar-refractivity contribution >= 4 is 11.6 Å². The molecule has 6 heteroatoms. The SMILES string of the molecule is CC(C)CC(N)C(=O)Nc1ccccc1-c1nncn1C. The number of amides is 1. The third kappa shape index (κ3) is 3.66. The Kier molecular flexibility index (Phi) is 4.70. The van der Waals surface area contributed by atoms with Crippen molar-refractivity contribution < 1.29 is 4.79 Å². The zero-order valence-corrected chi connectivity index (χ0v) is 12.6. The first-order chi connectivity index (χ1) is 9.99. The van der Waals surface area contributed by atoms with E-state index in [0.717, 1.165) is 5.56 Å². The lowest BCUT2D eigenvalue weighted by Gasteiger charge is -2.16. The predicted octanol–water partition coefficient (Wildman–Crippen LogP) is 1.79. The van der Waals surface area contributed by atoms with Gasteiger partial charge in [0.15, 0.2) is 5.82 Å². The molecule has 0 saturated carbocycles. The Morgan fingerprint density at radius 3 is 2.71 bits per heavy atom. The van der Waals surface area contributed by atoms with Gasteiger partial charge in [0, 0.05) is 12.6 Å². The summed E-state index contributed by atoms with van der Waals surface area (Å²) in [5, 5.41) is 10.8. The summed E-state index contributed by atoms with van der Waals surface area (Å²) in [6.45, 7) is 4.08. The molecule has 0 spiro atoms. The standard InChI is InChI=1S/C15H21N5O/c1-10(2)8-12(16)15(21)18-13-7-5-4-6-11(13)14-19-17-9-20(14)3/h4-7,9-10,12H,8,16H2,1-3H3,(H,18,21). The van der Waals surface area contributed by atoms with Crippen LogP contribution in [0.4, 0.5) is 5.69 Å². The van der Waals surface area contributed by atoms with E-state index in [-0.39, 0.29) is 5.91 Å². The van der Waals surface area contributed by atoms with Crippen molar-refractivity contribution in [2.24, 2.45) is 18.7 Å². The zero-order chi connectivity index (χ0) is 15.4. The number of hydrogen-bond acceptors (Lipinski definition) is 4. The van der Waals surface area contributed by atoms with Gasteiger partial charge in [0.2, 0.25) is 5.91 Å². The van der Waals surface area contributed by atoms with Crippen LogP contribution < -0.4 is 11.1 Å². The minimum atomic E-state index is -0.516. The Morgan fingerprint density at radius 1 is 1.38 bits per heavy atom. The topological polar surface area (TPSA) is 85.8 Å². The van der Waals surface area contributed by atoms with E-state index in [1.807, 2.05) is 45.2 Å². The highest BCUT2D eigenvalue weighted by Crippen LogP contribution is 2.25. The molecule has 1 aromatic heterocycles. The van der Waals surface area contributed by atoms with E-state index in [1.54, 1.807) is 10.9 Å². The molecule has 3 N–H and O–H groups in total. The van der Waals surface area contributed by atoms with Crippen LogP contribution in [0.25, 0.3) is 11.4 Å². The van der Waals surface area contributed by atoms with Crippen LogP contribution in [0.1, 0.15) is 20.3 Å². The van der Waals surface area contributed by atoms with Gasteiger partial charge < -0.3 is 15.6 Å². The van der Waals surface area contributed by atoms with Gasteiger partial charge >= 0.3 is 0 Å². The molecule has 1 unspecified atom stereocenters. The lowest BCUT2D eigenvalue weighted by atomic mass is 10.0. The zero-order valence-electron chi connectivity index (χ0n) is 12.6. The van der Waals surface area contributed by atoms with Gasteiger partial charge in [-0.1, -0.05) is 26.0 Å². The number of nitrogens with one attached hydrogen (secondary N) is 1. The van der Waals surface area contributed by atoms with Crippen LogP contribution in [0.5, 0.6) is 0 Å². The first-order valence-corrected chi connectivity index (χ1v) is 6.99. The quantitative estimate of drug-likeness (QED) is 0.878. The summed E-state index contributed by atoms with van der Waals surface area (Å²) in [6, 6.07) is 6.98. The fourth-order valence-electron chi connectivity index (χ4n) is 2.15. The molecule has 1 aromatic carbocycles. The van der Waals surface area contributed by atoms with E-state index in [0.29, 0.717) is 23.9 Å². The average molecular weight is 287 g/mol. The fourth-order valence-corrected chi connectivity index (χ4v) is 2.15. The second kappa shape index (κ2) is 6.49. The predicted molar refractivity (Wildman–Crippen MR) is 82.5 cm³/mol. The molecular formula is C15H21N5O. The molecule has 0 aliphatic heterocycles. The van der Waals surface area contributed by atoms with Crippen LogP contribution in [0.15, 0.2) is 30.6 Å². The number of rotatable bonds is 5. The summed E-state index contributed by atoms with van der Waals surface area (Å²) in [5.74, 6) is 0.890. The molecule has 6 nitrogen and oxygen atoms in total.